The van der Waals surface area contributed by atoms with Gasteiger partial charge in [-0.1, -0.05) is 70.2 Å². The smallest absolute Gasteiger partial charge is 0.136 e. The van der Waals surface area contributed by atoms with Crippen LogP contribution in [0, 0.1) is 5.41 Å². The first-order valence-electron chi connectivity index (χ1n) is 7.72. The van der Waals surface area contributed by atoms with Crippen molar-refractivity contribution < 1.29 is 4.42 Å². The van der Waals surface area contributed by atoms with Gasteiger partial charge >= 0.3 is 0 Å². The van der Waals surface area contributed by atoms with E-state index in [1.807, 2.05) is 18.2 Å². The molecule has 0 radical (unpaired) electrons. The van der Waals surface area contributed by atoms with Crippen LogP contribution in [0.2, 0.25) is 0 Å². The van der Waals surface area contributed by atoms with E-state index in [1.165, 1.54) is 21.5 Å². The lowest BCUT2D eigenvalue weighted by molar-refractivity contribution is 0.469. The SMILES string of the molecule is CC(C)(C)C.c1ccc2cc3c(cc2c1)oc1ccccc13. The zero-order valence-electron chi connectivity index (χ0n) is 13.7. The lowest BCUT2D eigenvalue weighted by atomic mass is 10.0. The number of para-hydroxylation sites is 1. The van der Waals surface area contributed by atoms with Crippen LogP contribution in [0.3, 0.4) is 0 Å². The molecule has 0 unspecified atom stereocenters. The summed E-state index contributed by atoms with van der Waals surface area (Å²) < 4.78 is 5.86. The highest BCUT2D eigenvalue weighted by Crippen LogP contribution is 2.31. The fourth-order valence-corrected chi connectivity index (χ4v) is 2.41. The Morgan fingerprint density at radius 1 is 0.636 bits per heavy atom. The first kappa shape index (κ1) is 14.6. The minimum Gasteiger partial charge on any atom is -0.456 e. The van der Waals surface area contributed by atoms with Crippen LogP contribution in [0.25, 0.3) is 32.7 Å². The number of furan rings is 1. The van der Waals surface area contributed by atoms with Crippen molar-refractivity contribution in [2.45, 2.75) is 27.7 Å². The Morgan fingerprint density at radius 2 is 1.18 bits per heavy atom. The van der Waals surface area contributed by atoms with Crippen molar-refractivity contribution in [1.82, 2.24) is 0 Å². The molecule has 1 heterocycles. The molecule has 0 fully saturated rings. The average molecular weight is 290 g/mol. The molecular weight excluding hydrogens is 268 g/mol. The summed E-state index contributed by atoms with van der Waals surface area (Å²) in [6, 6.07) is 20.9. The van der Waals surface area contributed by atoms with Crippen molar-refractivity contribution in [3.8, 4) is 0 Å². The molecule has 1 aromatic heterocycles. The summed E-state index contributed by atoms with van der Waals surface area (Å²) >= 11 is 0. The second-order valence-corrected chi connectivity index (χ2v) is 7.29. The monoisotopic (exact) mass is 290 g/mol. The Labute approximate surface area is 131 Å². The summed E-state index contributed by atoms with van der Waals surface area (Å²) in [7, 11) is 0. The molecule has 0 aliphatic rings. The Morgan fingerprint density at radius 3 is 1.86 bits per heavy atom. The van der Waals surface area contributed by atoms with Crippen LogP contribution >= 0.6 is 0 Å². The van der Waals surface area contributed by atoms with Crippen molar-refractivity contribution in [3.63, 3.8) is 0 Å². The van der Waals surface area contributed by atoms with Crippen LogP contribution in [0.1, 0.15) is 27.7 Å². The highest BCUT2D eigenvalue weighted by Gasteiger charge is 2.06. The van der Waals surface area contributed by atoms with Gasteiger partial charge in [-0.05, 0) is 34.4 Å². The highest BCUT2D eigenvalue weighted by atomic mass is 16.3. The van der Waals surface area contributed by atoms with Crippen molar-refractivity contribution in [2.24, 2.45) is 5.41 Å². The standard InChI is InChI=1S/C16H10O.C5H12/c1-2-6-12-10-16-14(9-11(12)5-1)13-7-3-4-8-15(13)17-16;1-5(2,3)4/h1-10H;1-4H3. The minimum atomic E-state index is 0.500. The molecule has 1 heteroatoms. The number of hydrogen-bond acceptors (Lipinski definition) is 1. The maximum atomic E-state index is 5.86. The van der Waals surface area contributed by atoms with E-state index in [9.17, 15) is 0 Å². The Kier molecular flexibility index (Phi) is 3.66. The molecule has 0 spiro atoms. The van der Waals surface area contributed by atoms with Gasteiger partial charge in [0, 0.05) is 10.8 Å². The van der Waals surface area contributed by atoms with Crippen LogP contribution < -0.4 is 0 Å². The van der Waals surface area contributed by atoms with Gasteiger partial charge in [0.05, 0.1) is 0 Å². The van der Waals surface area contributed by atoms with Crippen LogP contribution in [-0.4, -0.2) is 0 Å². The molecule has 0 aliphatic carbocycles. The highest BCUT2D eigenvalue weighted by molar-refractivity contribution is 6.09. The largest absolute Gasteiger partial charge is 0.456 e. The number of rotatable bonds is 0. The van der Waals surface area contributed by atoms with Gasteiger partial charge in [-0.25, -0.2) is 0 Å². The van der Waals surface area contributed by atoms with E-state index < -0.39 is 0 Å². The van der Waals surface area contributed by atoms with Gasteiger partial charge < -0.3 is 4.42 Å². The predicted molar refractivity (Wildman–Crippen MR) is 96.4 cm³/mol. The molecule has 1 nitrogen and oxygen atoms in total. The van der Waals surface area contributed by atoms with E-state index in [1.54, 1.807) is 0 Å². The van der Waals surface area contributed by atoms with Gasteiger partial charge in [0.15, 0.2) is 0 Å². The molecule has 4 rings (SSSR count). The van der Waals surface area contributed by atoms with Gasteiger partial charge in [0.2, 0.25) is 0 Å². The second kappa shape index (κ2) is 5.49. The molecule has 0 bridgehead atoms. The second-order valence-electron chi connectivity index (χ2n) is 7.29. The fraction of sp³-hybridized carbons (Fsp3) is 0.238. The van der Waals surface area contributed by atoms with E-state index in [4.69, 9.17) is 4.42 Å². The molecule has 0 atom stereocenters. The van der Waals surface area contributed by atoms with Gasteiger partial charge in [0.1, 0.15) is 11.2 Å². The first-order valence-corrected chi connectivity index (χ1v) is 7.72. The van der Waals surface area contributed by atoms with Gasteiger partial charge in [0.25, 0.3) is 0 Å². The van der Waals surface area contributed by atoms with E-state index >= 15 is 0 Å². The zero-order chi connectivity index (χ0) is 15.7. The summed E-state index contributed by atoms with van der Waals surface area (Å²) in [6.07, 6.45) is 0. The summed E-state index contributed by atoms with van der Waals surface area (Å²) in [6.45, 7) is 8.75. The minimum absolute atomic E-state index is 0.500. The Hall–Kier alpha value is -2.28. The van der Waals surface area contributed by atoms with Crippen LogP contribution in [0.5, 0.6) is 0 Å². The summed E-state index contributed by atoms with van der Waals surface area (Å²) in [5, 5.41) is 4.86. The number of benzene rings is 3. The molecule has 22 heavy (non-hydrogen) atoms. The van der Waals surface area contributed by atoms with E-state index in [0.29, 0.717) is 5.41 Å². The molecule has 0 saturated heterocycles. The normalized spacial score (nSPS) is 11.6. The number of fused-ring (bicyclic) bond motifs is 4. The van der Waals surface area contributed by atoms with Gasteiger partial charge in [-0.3, -0.25) is 0 Å². The Balaban J connectivity index is 0.000000254. The lowest BCUT2D eigenvalue weighted by Gasteiger charge is -2.05. The first-order chi connectivity index (χ1) is 10.4. The Bertz CT molecular complexity index is 911. The zero-order valence-corrected chi connectivity index (χ0v) is 13.7. The molecular formula is C21H22O. The van der Waals surface area contributed by atoms with Crippen LogP contribution in [0.15, 0.2) is 65.1 Å². The maximum absolute atomic E-state index is 5.86. The molecule has 0 amide bonds. The van der Waals surface area contributed by atoms with E-state index in [-0.39, 0.29) is 0 Å². The molecule has 112 valence electrons. The van der Waals surface area contributed by atoms with Gasteiger partial charge in [-0.15, -0.1) is 0 Å². The molecule has 0 N–H and O–H groups in total. The third-order valence-corrected chi connectivity index (χ3v) is 3.25. The van der Waals surface area contributed by atoms with E-state index in [0.717, 1.165) is 11.2 Å². The quantitative estimate of drug-likeness (QED) is 0.347. The third kappa shape index (κ3) is 3.14. The molecule has 4 aromatic rings. The van der Waals surface area contributed by atoms with E-state index in [2.05, 4.69) is 70.2 Å². The average Bonchev–Trinajstić information content (AvgIpc) is 2.80. The molecule has 3 aromatic carbocycles. The van der Waals surface area contributed by atoms with Crippen molar-refractivity contribution in [1.29, 1.82) is 0 Å². The van der Waals surface area contributed by atoms with Gasteiger partial charge in [-0.2, -0.15) is 0 Å². The fourth-order valence-electron chi connectivity index (χ4n) is 2.41. The lowest BCUT2D eigenvalue weighted by Crippen LogP contribution is -1.93. The maximum Gasteiger partial charge on any atom is 0.136 e. The van der Waals surface area contributed by atoms with Crippen molar-refractivity contribution in [3.05, 3.63) is 60.7 Å². The van der Waals surface area contributed by atoms with Crippen molar-refractivity contribution in [2.75, 3.05) is 0 Å². The molecule has 0 aliphatic heterocycles. The summed E-state index contributed by atoms with van der Waals surface area (Å²) in [4.78, 5) is 0. The topological polar surface area (TPSA) is 13.1 Å². The number of hydrogen-bond donors (Lipinski definition) is 0. The van der Waals surface area contributed by atoms with Crippen molar-refractivity contribution >= 4 is 32.7 Å². The third-order valence-electron chi connectivity index (χ3n) is 3.25. The molecule has 0 saturated carbocycles. The summed E-state index contributed by atoms with van der Waals surface area (Å²) in [5.41, 5.74) is 2.42. The predicted octanol–water partition coefficient (Wildman–Crippen LogP) is 6.79. The van der Waals surface area contributed by atoms with Crippen LogP contribution in [-0.2, 0) is 0 Å². The van der Waals surface area contributed by atoms with Crippen LogP contribution in [0.4, 0.5) is 0 Å². The summed E-state index contributed by atoms with van der Waals surface area (Å²) in [5.74, 6) is 0.